The fourth-order valence-corrected chi connectivity index (χ4v) is 4.29. The maximum absolute atomic E-state index is 12.5. The molecule has 1 saturated heterocycles. The van der Waals surface area contributed by atoms with Crippen LogP contribution >= 0.6 is 11.8 Å². The van der Waals surface area contributed by atoms with Crippen molar-refractivity contribution in [3.8, 4) is 0 Å². The van der Waals surface area contributed by atoms with Crippen LogP contribution in [0.1, 0.15) is 52.6 Å². The minimum atomic E-state index is -1.16. The number of aliphatic imine (C=N–C) groups is 1. The van der Waals surface area contributed by atoms with Gasteiger partial charge in [0, 0.05) is 19.6 Å². The summed E-state index contributed by atoms with van der Waals surface area (Å²) in [6, 6.07) is 0. The summed E-state index contributed by atoms with van der Waals surface area (Å²) < 4.78 is 24.0. The summed E-state index contributed by atoms with van der Waals surface area (Å²) in [6.45, 7) is 7.60. The van der Waals surface area contributed by atoms with Gasteiger partial charge in [-0.2, -0.15) is 11.8 Å². The van der Waals surface area contributed by atoms with Crippen LogP contribution in [0, 0.1) is 0 Å². The largest absolute Gasteiger partial charge is 0.456 e. The molecule has 1 fully saturated rings. The van der Waals surface area contributed by atoms with Gasteiger partial charge in [-0.15, -0.1) is 0 Å². The monoisotopic (exact) mass is 498 g/mol. The first-order valence-electron chi connectivity index (χ1n) is 10.7. The van der Waals surface area contributed by atoms with Crippen LogP contribution in [0.4, 0.5) is 10.6 Å². The van der Waals surface area contributed by atoms with Gasteiger partial charge in [-0.3, -0.25) is 19.1 Å². The molecule has 0 radical (unpaired) electrons. The molecule has 0 bridgehead atoms. The van der Waals surface area contributed by atoms with Gasteiger partial charge in [0.2, 0.25) is 0 Å². The number of imidazole rings is 1. The quantitative estimate of drug-likeness (QED) is 0.473. The number of amides is 1. The number of hydrogen-bond donors (Lipinski definition) is 1. The molecule has 5 atom stereocenters. The second kappa shape index (κ2) is 10.3. The van der Waals surface area contributed by atoms with Gasteiger partial charge in [0.25, 0.3) is 0 Å². The number of ether oxygens (including phenoxy) is 4. The summed E-state index contributed by atoms with van der Waals surface area (Å²) in [5, 5.41) is 10.7. The predicted octanol–water partition coefficient (Wildman–Crippen LogP) is 1.95. The molecule has 2 aliphatic heterocycles. The third-order valence-corrected chi connectivity index (χ3v) is 5.58. The van der Waals surface area contributed by atoms with E-state index in [2.05, 4.69) is 9.98 Å². The van der Waals surface area contributed by atoms with Crippen molar-refractivity contribution >= 4 is 42.0 Å². The lowest BCUT2D eigenvalue weighted by Crippen LogP contribution is -2.39. The van der Waals surface area contributed by atoms with Crippen LogP contribution in [0.5, 0.6) is 0 Å². The number of carbonyl (C=O) groups excluding carboxylic acids is 3. The van der Waals surface area contributed by atoms with Crippen LogP contribution in [0.2, 0.25) is 0 Å². The molecule has 13 heteroatoms. The first-order chi connectivity index (χ1) is 15.9. The Bertz CT molecular complexity index is 959. The number of hydrogen-bond acceptors (Lipinski definition) is 11. The van der Waals surface area contributed by atoms with Crippen LogP contribution in [-0.2, 0) is 28.5 Å². The number of fused-ring (bicyclic) bond motifs is 1. The zero-order valence-electron chi connectivity index (χ0n) is 20.0. The highest BCUT2D eigenvalue weighted by molar-refractivity contribution is 7.98. The molecular weight excluding hydrogens is 468 g/mol. The van der Waals surface area contributed by atoms with E-state index in [0.717, 1.165) is 4.90 Å². The molecule has 0 aromatic carbocycles. The van der Waals surface area contributed by atoms with E-state index in [4.69, 9.17) is 18.9 Å². The number of aliphatic hydroxyl groups is 1. The highest BCUT2D eigenvalue weighted by Crippen LogP contribution is 2.39. The molecule has 0 spiro atoms. The zero-order valence-corrected chi connectivity index (χ0v) is 20.8. The molecular formula is C21H30N4O8S. The maximum Gasteiger partial charge on any atom is 0.415 e. The summed E-state index contributed by atoms with van der Waals surface area (Å²) in [6.07, 6.45) is -0.630. The van der Waals surface area contributed by atoms with Crippen molar-refractivity contribution in [1.29, 1.82) is 0 Å². The minimum absolute atomic E-state index is 0.119. The van der Waals surface area contributed by atoms with E-state index in [1.165, 1.54) is 42.8 Å². The minimum Gasteiger partial charge on any atom is -0.456 e. The number of aliphatic hydroxyl groups excluding tert-OH is 1. The van der Waals surface area contributed by atoms with Crippen LogP contribution < -0.4 is 0 Å². The van der Waals surface area contributed by atoms with Crippen molar-refractivity contribution in [2.24, 2.45) is 4.99 Å². The third kappa shape index (κ3) is 5.88. The van der Waals surface area contributed by atoms with Crippen LogP contribution in [-0.4, -0.2) is 86.4 Å². The Morgan fingerprint density at radius 2 is 1.85 bits per heavy atom. The van der Waals surface area contributed by atoms with Gasteiger partial charge < -0.3 is 24.1 Å². The molecule has 1 N–H and O–H groups in total. The van der Waals surface area contributed by atoms with Crippen molar-refractivity contribution in [2.45, 2.75) is 70.9 Å². The standard InChI is InChI=1S/C21H30N4O8S/c1-11(26)30-16-14(8-34-6)32-19(17(16)31-12(2)27)25-10-22-15-13(28)7-24(9-23-18(15)25)20(29)33-21(3,4)5/h9-10,13-14,16-17,19,28H,7-8H2,1-6H3/t13?,14?,16-,17?,19?/m0/s1. The van der Waals surface area contributed by atoms with E-state index in [-0.39, 0.29) is 18.1 Å². The van der Waals surface area contributed by atoms with E-state index in [9.17, 15) is 19.5 Å². The average molecular weight is 499 g/mol. The Hall–Kier alpha value is -2.64. The summed E-state index contributed by atoms with van der Waals surface area (Å²) in [5.74, 6) is -0.427. The zero-order chi connectivity index (χ0) is 25.2. The van der Waals surface area contributed by atoms with Gasteiger partial charge in [-0.1, -0.05) is 0 Å². The van der Waals surface area contributed by atoms with E-state index in [1.807, 2.05) is 6.26 Å². The van der Waals surface area contributed by atoms with Gasteiger partial charge in [0.1, 0.15) is 29.8 Å². The van der Waals surface area contributed by atoms with Crippen LogP contribution in [0.15, 0.2) is 11.3 Å². The van der Waals surface area contributed by atoms with Gasteiger partial charge in [0.15, 0.2) is 24.3 Å². The second-order valence-electron chi connectivity index (χ2n) is 8.92. The first-order valence-corrected chi connectivity index (χ1v) is 12.1. The Balaban J connectivity index is 1.96. The van der Waals surface area contributed by atoms with E-state index >= 15 is 0 Å². The van der Waals surface area contributed by atoms with Crippen molar-refractivity contribution < 1.29 is 38.4 Å². The fraction of sp³-hybridized carbons (Fsp3) is 0.667. The van der Waals surface area contributed by atoms with Gasteiger partial charge in [0.05, 0.1) is 12.9 Å². The van der Waals surface area contributed by atoms with Crippen molar-refractivity contribution in [2.75, 3.05) is 18.6 Å². The molecule has 4 unspecified atom stereocenters. The Morgan fingerprint density at radius 3 is 2.44 bits per heavy atom. The Morgan fingerprint density at radius 1 is 1.21 bits per heavy atom. The molecule has 1 amide bonds. The molecule has 188 valence electrons. The lowest BCUT2D eigenvalue weighted by Gasteiger charge is -2.24. The van der Waals surface area contributed by atoms with Gasteiger partial charge in [-0.05, 0) is 27.0 Å². The fourth-order valence-electron chi connectivity index (χ4n) is 3.69. The summed E-state index contributed by atoms with van der Waals surface area (Å²) in [5.41, 5.74) is -0.514. The molecule has 34 heavy (non-hydrogen) atoms. The number of aromatic nitrogens is 2. The normalized spacial score (nSPS) is 26.6. The molecule has 1 aromatic rings. The van der Waals surface area contributed by atoms with E-state index < -0.39 is 54.3 Å². The van der Waals surface area contributed by atoms with Crippen molar-refractivity contribution in [3.63, 3.8) is 0 Å². The molecule has 2 aliphatic rings. The topological polar surface area (TPSA) is 142 Å². The van der Waals surface area contributed by atoms with E-state index in [1.54, 1.807) is 20.8 Å². The number of β-amino-alcohol motifs (C(OH)–C–C–N with tert-alkyl or cyclic N) is 1. The van der Waals surface area contributed by atoms with Gasteiger partial charge in [-0.25, -0.2) is 14.8 Å². The summed E-state index contributed by atoms with van der Waals surface area (Å²) in [7, 11) is 0. The van der Waals surface area contributed by atoms with E-state index in [0.29, 0.717) is 5.75 Å². The second-order valence-corrected chi connectivity index (χ2v) is 9.83. The van der Waals surface area contributed by atoms with Gasteiger partial charge >= 0.3 is 18.0 Å². The first kappa shape index (κ1) is 26.0. The highest BCUT2D eigenvalue weighted by atomic mass is 32.2. The molecule has 0 saturated carbocycles. The molecule has 12 nitrogen and oxygen atoms in total. The number of carbonyl (C=O) groups is 3. The number of nitrogens with zero attached hydrogens (tertiary/aromatic N) is 4. The van der Waals surface area contributed by atoms with Crippen LogP contribution in [0.25, 0.3) is 0 Å². The molecule has 1 aromatic heterocycles. The third-order valence-electron chi connectivity index (χ3n) is 4.92. The maximum atomic E-state index is 12.5. The highest BCUT2D eigenvalue weighted by Gasteiger charge is 2.50. The molecule has 3 heterocycles. The Kier molecular flexibility index (Phi) is 7.88. The van der Waals surface area contributed by atoms with Crippen LogP contribution in [0.3, 0.4) is 0 Å². The average Bonchev–Trinajstić information content (AvgIpc) is 3.20. The van der Waals surface area contributed by atoms with Crippen molar-refractivity contribution in [3.05, 3.63) is 12.0 Å². The Labute approximate surface area is 201 Å². The van der Waals surface area contributed by atoms with Crippen molar-refractivity contribution in [1.82, 2.24) is 14.5 Å². The number of rotatable bonds is 5. The predicted molar refractivity (Wildman–Crippen MR) is 122 cm³/mol. The number of esters is 2. The number of thioether (sulfide) groups is 1. The summed E-state index contributed by atoms with van der Waals surface area (Å²) >= 11 is 1.48. The SMILES string of the molecule is CSCC1OC(n2cnc3c2N=CN(C(=O)OC(C)(C)C)CC3O)C(OC(C)=O)[C@H]1OC(C)=O. The smallest absolute Gasteiger partial charge is 0.415 e. The lowest BCUT2D eigenvalue weighted by molar-refractivity contribution is -0.165. The lowest BCUT2D eigenvalue weighted by atomic mass is 10.1. The molecule has 3 rings (SSSR count). The summed E-state index contributed by atoms with van der Waals surface area (Å²) in [4.78, 5) is 45.9. The molecule has 0 aliphatic carbocycles.